The summed E-state index contributed by atoms with van der Waals surface area (Å²) in [7, 11) is 0. The Bertz CT molecular complexity index is 500. The zero-order valence-electron chi connectivity index (χ0n) is 11.6. The SMILES string of the molecule is CC1(C)CC(Nc2ncccc2[N+](=O)[O-])C(C)(C)O1. The molecule has 1 aromatic rings. The first-order valence-electron chi connectivity index (χ1n) is 6.27. The predicted octanol–water partition coefficient (Wildman–Crippen LogP) is 2.75. The molecule has 104 valence electrons. The van der Waals surface area contributed by atoms with Crippen LogP contribution in [0.15, 0.2) is 18.3 Å². The molecule has 0 amide bonds. The lowest BCUT2D eigenvalue weighted by molar-refractivity contribution is -0.384. The lowest BCUT2D eigenvalue weighted by atomic mass is 9.94. The summed E-state index contributed by atoms with van der Waals surface area (Å²) in [6, 6.07) is 2.99. The van der Waals surface area contributed by atoms with E-state index in [0.717, 1.165) is 6.42 Å². The van der Waals surface area contributed by atoms with E-state index in [4.69, 9.17) is 4.74 Å². The van der Waals surface area contributed by atoms with Crippen LogP contribution in [0, 0.1) is 10.1 Å². The molecule has 19 heavy (non-hydrogen) atoms. The number of anilines is 1. The topological polar surface area (TPSA) is 77.3 Å². The molecule has 1 aliphatic heterocycles. The molecule has 0 saturated carbocycles. The summed E-state index contributed by atoms with van der Waals surface area (Å²) in [6.45, 7) is 7.99. The Balaban J connectivity index is 2.25. The van der Waals surface area contributed by atoms with Crippen LogP contribution < -0.4 is 5.32 Å². The second-order valence-electron chi connectivity index (χ2n) is 5.99. The molecule has 6 nitrogen and oxygen atoms in total. The van der Waals surface area contributed by atoms with Crippen LogP contribution in [-0.4, -0.2) is 27.2 Å². The zero-order valence-corrected chi connectivity index (χ0v) is 11.6. The first-order valence-corrected chi connectivity index (χ1v) is 6.27. The molecule has 2 heterocycles. The highest BCUT2D eigenvalue weighted by Crippen LogP contribution is 2.39. The van der Waals surface area contributed by atoms with Crippen LogP contribution in [0.25, 0.3) is 0 Å². The molecule has 0 aliphatic carbocycles. The van der Waals surface area contributed by atoms with Gasteiger partial charge in [0.1, 0.15) is 0 Å². The van der Waals surface area contributed by atoms with Gasteiger partial charge in [0.05, 0.1) is 22.2 Å². The van der Waals surface area contributed by atoms with Gasteiger partial charge < -0.3 is 10.1 Å². The van der Waals surface area contributed by atoms with E-state index >= 15 is 0 Å². The van der Waals surface area contributed by atoms with Crippen molar-refractivity contribution in [1.29, 1.82) is 0 Å². The molecule has 1 aliphatic rings. The average Bonchev–Trinajstić information content (AvgIpc) is 2.47. The number of hydrogen-bond acceptors (Lipinski definition) is 5. The molecule has 0 radical (unpaired) electrons. The smallest absolute Gasteiger partial charge is 0.311 e. The van der Waals surface area contributed by atoms with E-state index in [1.165, 1.54) is 6.07 Å². The van der Waals surface area contributed by atoms with Crippen LogP contribution in [0.2, 0.25) is 0 Å². The second-order valence-corrected chi connectivity index (χ2v) is 5.99. The van der Waals surface area contributed by atoms with Gasteiger partial charge in [-0.15, -0.1) is 0 Å². The molecule has 1 atom stereocenters. The van der Waals surface area contributed by atoms with E-state index in [0.29, 0.717) is 5.82 Å². The first kappa shape index (κ1) is 13.7. The Morgan fingerprint density at radius 3 is 2.68 bits per heavy atom. The van der Waals surface area contributed by atoms with Crippen molar-refractivity contribution in [3.8, 4) is 0 Å². The summed E-state index contributed by atoms with van der Waals surface area (Å²) in [6.07, 6.45) is 2.32. The summed E-state index contributed by atoms with van der Waals surface area (Å²) in [5.74, 6) is 0.298. The fraction of sp³-hybridized carbons (Fsp3) is 0.615. The molecular weight excluding hydrogens is 246 g/mol. The third-order valence-corrected chi connectivity index (χ3v) is 3.37. The van der Waals surface area contributed by atoms with E-state index in [1.54, 1.807) is 12.3 Å². The predicted molar refractivity (Wildman–Crippen MR) is 72.2 cm³/mol. The third kappa shape index (κ3) is 2.84. The van der Waals surface area contributed by atoms with Crippen LogP contribution in [0.1, 0.15) is 34.1 Å². The van der Waals surface area contributed by atoms with Gasteiger partial charge in [0.15, 0.2) is 0 Å². The number of nitrogens with zero attached hydrogens (tertiary/aromatic N) is 2. The van der Waals surface area contributed by atoms with Crippen LogP contribution in [0.3, 0.4) is 0 Å². The molecule has 1 saturated heterocycles. The quantitative estimate of drug-likeness (QED) is 0.671. The van der Waals surface area contributed by atoms with Crippen molar-refractivity contribution in [1.82, 2.24) is 4.98 Å². The number of aromatic nitrogens is 1. The van der Waals surface area contributed by atoms with Crippen LogP contribution in [-0.2, 0) is 4.74 Å². The Morgan fingerprint density at radius 2 is 2.16 bits per heavy atom. The highest BCUT2D eigenvalue weighted by atomic mass is 16.6. The maximum atomic E-state index is 11.0. The van der Waals surface area contributed by atoms with Gasteiger partial charge in [-0.1, -0.05) is 0 Å². The lowest BCUT2D eigenvalue weighted by Gasteiger charge is -2.27. The number of hydrogen-bond donors (Lipinski definition) is 1. The van der Waals surface area contributed by atoms with E-state index in [-0.39, 0.29) is 17.3 Å². The molecule has 6 heteroatoms. The molecule has 0 aromatic carbocycles. The Labute approximate surface area is 112 Å². The zero-order chi connectivity index (χ0) is 14.3. The minimum Gasteiger partial charge on any atom is -0.367 e. The molecule has 0 bridgehead atoms. The van der Waals surface area contributed by atoms with E-state index in [1.807, 2.05) is 27.7 Å². The molecule has 1 N–H and O–H groups in total. The Hall–Kier alpha value is -1.69. The molecule has 0 spiro atoms. The van der Waals surface area contributed by atoms with E-state index < -0.39 is 10.5 Å². The fourth-order valence-corrected chi connectivity index (χ4v) is 2.61. The summed E-state index contributed by atoms with van der Waals surface area (Å²) in [5.41, 5.74) is -0.650. The molecular formula is C13H19N3O3. The van der Waals surface area contributed by atoms with Gasteiger partial charge in [-0.3, -0.25) is 10.1 Å². The minimum absolute atomic E-state index is 0.0111. The second kappa shape index (κ2) is 4.45. The highest BCUT2D eigenvalue weighted by Gasteiger charge is 2.46. The van der Waals surface area contributed by atoms with E-state index in [9.17, 15) is 10.1 Å². The van der Waals surface area contributed by atoms with Gasteiger partial charge in [0, 0.05) is 12.3 Å². The molecule has 2 rings (SSSR count). The molecule has 1 fully saturated rings. The van der Waals surface area contributed by atoms with Crippen molar-refractivity contribution in [2.45, 2.75) is 51.4 Å². The average molecular weight is 265 g/mol. The monoisotopic (exact) mass is 265 g/mol. The van der Waals surface area contributed by atoms with Gasteiger partial charge in [-0.2, -0.15) is 0 Å². The normalized spacial score (nSPS) is 24.1. The third-order valence-electron chi connectivity index (χ3n) is 3.37. The van der Waals surface area contributed by atoms with Crippen molar-refractivity contribution in [3.05, 3.63) is 28.4 Å². The first-order chi connectivity index (χ1) is 8.71. The van der Waals surface area contributed by atoms with Crippen molar-refractivity contribution < 1.29 is 9.66 Å². The minimum atomic E-state index is -0.427. The van der Waals surface area contributed by atoms with Gasteiger partial charge in [0.2, 0.25) is 5.82 Å². The van der Waals surface area contributed by atoms with Crippen LogP contribution in [0.4, 0.5) is 11.5 Å². The number of nitro groups is 1. The summed E-state index contributed by atoms with van der Waals surface area (Å²) >= 11 is 0. The fourth-order valence-electron chi connectivity index (χ4n) is 2.61. The van der Waals surface area contributed by atoms with Crippen molar-refractivity contribution >= 4 is 11.5 Å². The molecule has 1 unspecified atom stereocenters. The largest absolute Gasteiger partial charge is 0.367 e. The van der Waals surface area contributed by atoms with Gasteiger partial charge in [0.25, 0.3) is 0 Å². The Morgan fingerprint density at radius 1 is 1.47 bits per heavy atom. The summed E-state index contributed by atoms with van der Waals surface area (Å²) < 4.78 is 5.96. The van der Waals surface area contributed by atoms with Crippen molar-refractivity contribution in [2.24, 2.45) is 0 Å². The number of nitrogens with one attached hydrogen (secondary N) is 1. The van der Waals surface area contributed by atoms with Gasteiger partial charge >= 0.3 is 5.69 Å². The number of pyridine rings is 1. The number of rotatable bonds is 3. The van der Waals surface area contributed by atoms with Crippen molar-refractivity contribution in [3.63, 3.8) is 0 Å². The van der Waals surface area contributed by atoms with Gasteiger partial charge in [-0.25, -0.2) is 4.98 Å². The Kier molecular flexibility index (Phi) is 3.22. The summed E-state index contributed by atoms with van der Waals surface area (Å²) in [5, 5.41) is 14.1. The maximum absolute atomic E-state index is 11.0. The van der Waals surface area contributed by atoms with Crippen molar-refractivity contribution in [2.75, 3.05) is 5.32 Å². The van der Waals surface area contributed by atoms with Crippen LogP contribution in [0.5, 0.6) is 0 Å². The lowest BCUT2D eigenvalue weighted by Crippen LogP contribution is -2.38. The number of ether oxygens (including phenoxy) is 1. The molecule has 1 aromatic heterocycles. The van der Waals surface area contributed by atoms with Gasteiger partial charge in [-0.05, 0) is 40.2 Å². The summed E-state index contributed by atoms with van der Waals surface area (Å²) in [4.78, 5) is 14.6. The maximum Gasteiger partial charge on any atom is 0.311 e. The highest BCUT2D eigenvalue weighted by molar-refractivity contribution is 5.56. The van der Waals surface area contributed by atoms with Crippen LogP contribution >= 0.6 is 0 Å². The van der Waals surface area contributed by atoms with E-state index in [2.05, 4.69) is 10.3 Å². The standard InChI is InChI=1S/C13H19N3O3/c1-12(2)8-10(13(3,4)19-12)15-11-9(16(17)18)6-5-7-14-11/h5-7,10H,8H2,1-4H3,(H,14,15).